The molecule has 124 valence electrons. The van der Waals surface area contributed by atoms with E-state index in [1.165, 1.54) is 5.57 Å². The summed E-state index contributed by atoms with van der Waals surface area (Å²) in [5, 5.41) is 0.583. The summed E-state index contributed by atoms with van der Waals surface area (Å²) < 4.78 is 17.8. The van der Waals surface area contributed by atoms with Gasteiger partial charge in [0, 0.05) is 5.30 Å². The first-order valence-corrected chi connectivity index (χ1v) is 9.60. The summed E-state index contributed by atoms with van der Waals surface area (Å²) in [4.78, 5) is 12.8. The Morgan fingerprint density at radius 1 is 1.17 bits per heavy atom. The lowest BCUT2D eigenvalue weighted by atomic mass is 9.70. The first kappa shape index (κ1) is 17.7. The summed E-state index contributed by atoms with van der Waals surface area (Å²) in [6, 6.07) is 8.93. The maximum atomic E-state index is 12.8. The van der Waals surface area contributed by atoms with Crippen molar-refractivity contribution in [3.05, 3.63) is 53.6 Å². The number of hydrogen-bond donors (Lipinski definition) is 0. The lowest BCUT2D eigenvalue weighted by molar-refractivity contribution is -0.143. The van der Waals surface area contributed by atoms with Crippen molar-refractivity contribution in [2.24, 2.45) is 5.41 Å². The zero-order valence-electron chi connectivity index (χ0n) is 14.1. The van der Waals surface area contributed by atoms with Gasteiger partial charge in [0.25, 0.3) is 8.03 Å². The molecular weight excluding hydrogens is 307 g/mol. The molecule has 0 N–H and O–H groups in total. The maximum Gasteiger partial charge on any atom is 0.321 e. The zero-order valence-corrected chi connectivity index (χ0v) is 15.1. The highest BCUT2D eigenvalue weighted by Gasteiger charge is 2.42. The van der Waals surface area contributed by atoms with E-state index in [-0.39, 0.29) is 5.97 Å². The van der Waals surface area contributed by atoms with Crippen molar-refractivity contribution in [2.75, 3.05) is 0 Å². The topological polar surface area (TPSA) is 43.4 Å². The Morgan fingerprint density at radius 3 is 2.43 bits per heavy atom. The van der Waals surface area contributed by atoms with Gasteiger partial charge in [-0.25, -0.2) is 0 Å². The number of carbonyl (C=O) groups is 1. The highest BCUT2D eigenvalue weighted by Crippen LogP contribution is 2.44. The first-order chi connectivity index (χ1) is 11.1. The van der Waals surface area contributed by atoms with Crippen molar-refractivity contribution in [3.8, 4) is 0 Å². The van der Waals surface area contributed by atoms with E-state index in [9.17, 15) is 9.36 Å². The molecule has 0 saturated carbocycles. The van der Waals surface area contributed by atoms with Crippen LogP contribution in [-0.2, 0) is 13.9 Å². The van der Waals surface area contributed by atoms with Crippen LogP contribution in [0.15, 0.2) is 53.6 Å². The van der Waals surface area contributed by atoms with E-state index in [1.807, 2.05) is 13.0 Å². The third kappa shape index (κ3) is 3.67. The minimum absolute atomic E-state index is 0.354. The number of benzene rings is 1. The zero-order chi connectivity index (χ0) is 16.9. The Morgan fingerprint density at radius 2 is 1.87 bits per heavy atom. The molecule has 23 heavy (non-hydrogen) atoms. The average Bonchev–Trinajstić information content (AvgIpc) is 2.61. The van der Waals surface area contributed by atoms with Gasteiger partial charge in [0.2, 0.25) is 0 Å². The molecular formula is C19H25O3P. The molecule has 4 heteroatoms. The van der Waals surface area contributed by atoms with E-state index in [2.05, 4.69) is 26.0 Å². The molecule has 1 aliphatic carbocycles. The summed E-state index contributed by atoms with van der Waals surface area (Å²) in [5.74, 6) is -0.354. The summed E-state index contributed by atoms with van der Waals surface area (Å²) in [6.45, 7) is 6.17. The standard InChI is InChI=1S/C19H25O3P/c1-4-15-12-13-19(6-3,16(5-2)14-15)18(20)22-23(21)17-10-8-7-9-11-17/h7-12,14,23H,4-6,13H2,1-3H3. The van der Waals surface area contributed by atoms with Crippen LogP contribution in [0.3, 0.4) is 0 Å². The molecule has 0 aliphatic heterocycles. The third-order valence-corrected chi connectivity index (χ3v) is 5.84. The number of allylic oxidation sites excluding steroid dienone is 3. The number of carbonyl (C=O) groups excluding carboxylic acids is 1. The number of hydrogen-bond acceptors (Lipinski definition) is 3. The minimum atomic E-state index is -2.56. The van der Waals surface area contributed by atoms with Crippen molar-refractivity contribution < 1.29 is 13.9 Å². The molecule has 0 heterocycles. The number of rotatable bonds is 6. The van der Waals surface area contributed by atoms with Gasteiger partial charge in [-0.3, -0.25) is 9.36 Å². The molecule has 0 aromatic heterocycles. The van der Waals surface area contributed by atoms with Gasteiger partial charge in [0.15, 0.2) is 0 Å². The van der Waals surface area contributed by atoms with Gasteiger partial charge in [-0.15, -0.1) is 0 Å². The molecule has 0 saturated heterocycles. The molecule has 1 aromatic carbocycles. The van der Waals surface area contributed by atoms with Crippen LogP contribution in [0.25, 0.3) is 0 Å². The van der Waals surface area contributed by atoms with Crippen LogP contribution in [0.4, 0.5) is 0 Å². The van der Waals surface area contributed by atoms with E-state index >= 15 is 0 Å². The Bertz CT molecular complexity index is 646. The van der Waals surface area contributed by atoms with Crippen LogP contribution in [0, 0.1) is 5.41 Å². The van der Waals surface area contributed by atoms with E-state index in [0.29, 0.717) is 18.1 Å². The second kappa shape index (κ2) is 7.79. The molecule has 2 unspecified atom stereocenters. The summed E-state index contributed by atoms with van der Waals surface area (Å²) >= 11 is 0. The predicted octanol–water partition coefficient (Wildman–Crippen LogP) is 4.80. The fraction of sp³-hybridized carbons (Fsp3) is 0.421. The SMILES string of the molecule is CCC1=CCC(CC)(C(=O)O[PH](=O)c2ccccc2)C(CC)=C1. The van der Waals surface area contributed by atoms with Crippen LogP contribution in [0.5, 0.6) is 0 Å². The maximum absolute atomic E-state index is 12.8. The van der Waals surface area contributed by atoms with E-state index in [1.54, 1.807) is 24.3 Å². The van der Waals surface area contributed by atoms with Gasteiger partial charge < -0.3 is 4.52 Å². The van der Waals surface area contributed by atoms with Crippen molar-refractivity contribution in [3.63, 3.8) is 0 Å². The van der Waals surface area contributed by atoms with Crippen LogP contribution >= 0.6 is 8.03 Å². The summed E-state index contributed by atoms with van der Waals surface area (Å²) in [5.41, 5.74) is 1.68. The largest absolute Gasteiger partial charge is 0.410 e. The van der Waals surface area contributed by atoms with Crippen molar-refractivity contribution in [1.82, 2.24) is 0 Å². The Balaban J connectivity index is 2.23. The lowest BCUT2D eigenvalue weighted by Gasteiger charge is -2.34. The van der Waals surface area contributed by atoms with Crippen LogP contribution in [0.1, 0.15) is 46.5 Å². The van der Waals surface area contributed by atoms with Gasteiger partial charge in [-0.1, -0.05) is 62.3 Å². The van der Waals surface area contributed by atoms with Crippen molar-refractivity contribution >= 4 is 19.3 Å². The molecule has 0 amide bonds. The van der Waals surface area contributed by atoms with E-state index in [4.69, 9.17) is 4.52 Å². The molecule has 1 aromatic rings. The Labute approximate surface area is 139 Å². The second-order valence-corrected chi connectivity index (χ2v) is 7.19. The molecule has 0 radical (unpaired) electrons. The van der Waals surface area contributed by atoms with Gasteiger partial charge in [-0.2, -0.15) is 0 Å². The minimum Gasteiger partial charge on any atom is -0.410 e. The van der Waals surface area contributed by atoms with Crippen LogP contribution in [-0.4, -0.2) is 5.97 Å². The van der Waals surface area contributed by atoms with Crippen LogP contribution < -0.4 is 5.30 Å². The second-order valence-electron chi connectivity index (χ2n) is 5.84. The third-order valence-electron chi connectivity index (χ3n) is 4.67. The lowest BCUT2D eigenvalue weighted by Crippen LogP contribution is -2.34. The fourth-order valence-corrected chi connectivity index (χ4v) is 4.04. The Hall–Kier alpha value is -1.60. The van der Waals surface area contributed by atoms with E-state index < -0.39 is 13.4 Å². The normalized spacial score (nSPS) is 22.0. The molecule has 0 fully saturated rings. The molecule has 3 nitrogen and oxygen atoms in total. The molecule has 0 spiro atoms. The molecule has 2 atom stereocenters. The molecule has 2 rings (SSSR count). The quantitative estimate of drug-likeness (QED) is 0.703. The van der Waals surface area contributed by atoms with Crippen molar-refractivity contribution in [2.45, 2.75) is 46.5 Å². The first-order valence-electron chi connectivity index (χ1n) is 8.29. The van der Waals surface area contributed by atoms with Gasteiger partial charge >= 0.3 is 5.97 Å². The smallest absolute Gasteiger partial charge is 0.321 e. The van der Waals surface area contributed by atoms with Gasteiger partial charge in [0.1, 0.15) is 0 Å². The predicted molar refractivity (Wildman–Crippen MR) is 95.3 cm³/mol. The summed E-state index contributed by atoms with van der Waals surface area (Å²) in [6.07, 6.45) is 7.28. The molecule has 1 aliphatic rings. The fourth-order valence-electron chi connectivity index (χ4n) is 3.09. The summed E-state index contributed by atoms with van der Waals surface area (Å²) in [7, 11) is -2.56. The van der Waals surface area contributed by atoms with Gasteiger partial charge in [0.05, 0.1) is 5.41 Å². The van der Waals surface area contributed by atoms with Crippen LogP contribution in [0.2, 0.25) is 0 Å². The highest BCUT2D eigenvalue weighted by atomic mass is 31.1. The highest BCUT2D eigenvalue weighted by molar-refractivity contribution is 7.48. The molecule has 0 bridgehead atoms. The van der Waals surface area contributed by atoms with Gasteiger partial charge in [-0.05, 0) is 37.8 Å². The monoisotopic (exact) mass is 332 g/mol. The van der Waals surface area contributed by atoms with Crippen molar-refractivity contribution in [1.29, 1.82) is 0 Å². The average molecular weight is 332 g/mol. The van der Waals surface area contributed by atoms with E-state index in [0.717, 1.165) is 18.4 Å². The Kier molecular flexibility index (Phi) is 6.01.